The van der Waals surface area contributed by atoms with E-state index in [2.05, 4.69) is 10.2 Å². The van der Waals surface area contributed by atoms with Gasteiger partial charge in [0, 0.05) is 6.07 Å². The number of hydrogen-bond donors (Lipinski definition) is 0. The number of nitrogens with zero attached hydrogens (tertiary/aromatic N) is 2. The van der Waals surface area contributed by atoms with Crippen molar-refractivity contribution in [1.29, 1.82) is 0 Å². The number of aromatic nitrogens is 2. The van der Waals surface area contributed by atoms with Gasteiger partial charge in [-0.3, -0.25) is 0 Å². The van der Waals surface area contributed by atoms with Crippen molar-refractivity contribution in [3.63, 3.8) is 0 Å². The van der Waals surface area contributed by atoms with Gasteiger partial charge in [0.25, 0.3) is 5.88 Å². The van der Waals surface area contributed by atoms with Crippen molar-refractivity contribution in [2.45, 2.75) is 38.5 Å². The second-order valence-electron chi connectivity index (χ2n) is 6.99. The van der Waals surface area contributed by atoms with Gasteiger partial charge in [0.05, 0.1) is 0 Å². The van der Waals surface area contributed by atoms with Crippen LogP contribution in [0, 0.1) is 13.8 Å². The van der Waals surface area contributed by atoms with Crippen LogP contribution in [0.3, 0.4) is 0 Å². The molecule has 6 nitrogen and oxygen atoms in total. The van der Waals surface area contributed by atoms with Gasteiger partial charge < -0.3 is 8.92 Å². The van der Waals surface area contributed by atoms with E-state index in [-0.39, 0.29) is 27.6 Å². The third kappa shape index (κ3) is 5.05. The predicted molar refractivity (Wildman–Crippen MR) is 111 cm³/mol. The number of hydrogen-bond acceptors (Lipinski definition) is 6. The Morgan fingerprint density at radius 3 is 2.21 bits per heavy atom. The number of ether oxygens (including phenoxy) is 1. The van der Waals surface area contributed by atoms with Crippen LogP contribution in [0.15, 0.2) is 53.4 Å². The molecule has 0 aliphatic carbocycles. The van der Waals surface area contributed by atoms with E-state index in [0.717, 1.165) is 16.7 Å². The van der Waals surface area contributed by atoms with Crippen molar-refractivity contribution < 1.29 is 17.3 Å². The highest BCUT2D eigenvalue weighted by Gasteiger charge is 2.22. The number of benzene rings is 2. The number of halogens is 1. The molecule has 152 valence electrons. The van der Waals surface area contributed by atoms with Gasteiger partial charge in [0.1, 0.15) is 10.6 Å². The molecular weight excluding hydrogens is 412 g/mol. The van der Waals surface area contributed by atoms with Crippen LogP contribution in [0.1, 0.15) is 36.5 Å². The maximum atomic E-state index is 12.7. The van der Waals surface area contributed by atoms with Gasteiger partial charge in [0.2, 0.25) is 5.75 Å². The summed E-state index contributed by atoms with van der Waals surface area (Å²) in [7, 11) is -4.10. The third-order valence-corrected chi connectivity index (χ3v) is 5.64. The van der Waals surface area contributed by atoms with Crippen molar-refractivity contribution >= 4 is 21.7 Å². The Hall–Kier alpha value is -2.64. The predicted octanol–water partition coefficient (Wildman–Crippen LogP) is 5.43. The van der Waals surface area contributed by atoms with Gasteiger partial charge >= 0.3 is 10.1 Å². The van der Waals surface area contributed by atoms with Crippen LogP contribution in [0.25, 0.3) is 0 Å². The third-order valence-electron chi connectivity index (χ3n) is 4.20. The van der Waals surface area contributed by atoms with Crippen LogP contribution in [-0.2, 0) is 10.1 Å². The lowest BCUT2D eigenvalue weighted by atomic mass is 10.0. The van der Waals surface area contributed by atoms with Crippen LogP contribution < -0.4 is 8.92 Å². The summed E-state index contributed by atoms with van der Waals surface area (Å²) in [6.45, 7) is 7.86. The summed E-state index contributed by atoms with van der Waals surface area (Å²) < 4.78 is 36.6. The summed E-state index contributed by atoms with van der Waals surface area (Å²) in [5.74, 6) is 0.514. The van der Waals surface area contributed by atoms with Gasteiger partial charge in [-0.25, -0.2) is 0 Å². The molecule has 2 aromatic carbocycles. The molecule has 0 bridgehead atoms. The Bertz CT molecular complexity index is 1130. The molecule has 1 aromatic heterocycles. The molecule has 0 aliphatic heterocycles. The van der Waals surface area contributed by atoms with Gasteiger partial charge in [-0.05, 0) is 49.1 Å². The fraction of sp³-hybridized carbons (Fsp3) is 0.238. The maximum absolute atomic E-state index is 12.7. The molecule has 0 saturated carbocycles. The van der Waals surface area contributed by atoms with E-state index in [1.165, 1.54) is 18.2 Å². The molecule has 0 atom stereocenters. The van der Waals surface area contributed by atoms with Crippen molar-refractivity contribution in [3.05, 3.63) is 70.4 Å². The zero-order chi connectivity index (χ0) is 21.2. The SMILES string of the molecule is Cc1ccc(S(=O)(=O)Oc2cc(Cl)nnc2Oc2cc(C)ccc2C(C)C)cc1. The Morgan fingerprint density at radius 1 is 0.897 bits per heavy atom. The van der Waals surface area contributed by atoms with Crippen molar-refractivity contribution in [1.82, 2.24) is 10.2 Å². The van der Waals surface area contributed by atoms with Gasteiger partial charge in [-0.1, -0.05) is 55.3 Å². The zero-order valence-corrected chi connectivity index (χ0v) is 18.1. The first-order chi connectivity index (χ1) is 13.7. The van der Waals surface area contributed by atoms with Crippen LogP contribution in [0.4, 0.5) is 0 Å². The van der Waals surface area contributed by atoms with E-state index in [0.29, 0.717) is 5.75 Å². The Kier molecular flexibility index (Phi) is 6.10. The monoisotopic (exact) mass is 432 g/mol. The summed E-state index contributed by atoms with van der Waals surface area (Å²) >= 11 is 5.92. The molecule has 29 heavy (non-hydrogen) atoms. The average molecular weight is 433 g/mol. The zero-order valence-electron chi connectivity index (χ0n) is 16.5. The molecule has 0 aliphatic rings. The lowest BCUT2D eigenvalue weighted by Crippen LogP contribution is -2.11. The van der Waals surface area contributed by atoms with Crippen LogP contribution in [0.2, 0.25) is 5.15 Å². The molecule has 0 N–H and O–H groups in total. The second-order valence-corrected chi connectivity index (χ2v) is 8.92. The lowest BCUT2D eigenvalue weighted by molar-refractivity contribution is 0.410. The topological polar surface area (TPSA) is 78.4 Å². The van der Waals surface area contributed by atoms with E-state index in [4.69, 9.17) is 20.5 Å². The molecular formula is C21H21ClN2O4S. The van der Waals surface area contributed by atoms with Crippen molar-refractivity contribution in [2.24, 2.45) is 0 Å². The molecule has 0 amide bonds. The van der Waals surface area contributed by atoms with E-state index >= 15 is 0 Å². The van der Waals surface area contributed by atoms with Crippen LogP contribution in [-0.4, -0.2) is 18.6 Å². The van der Waals surface area contributed by atoms with Crippen molar-refractivity contribution in [2.75, 3.05) is 0 Å². The number of rotatable bonds is 6. The fourth-order valence-corrected chi connectivity index (χ4v) is 3.71. The molecule has 0 fully saturated rings. The van der Waals surface area contributed by atoms with E-state index in [1.54, 1.807) is 12.1 Å². The van der Waals surface area contributed by atoms with Crippen LogP contribution >= 0.6 is 11.6 Å². The molecule has 3 aromatic rings. The first-order valence-corrected chi connectivity index (χ1v) is 10.8. The molecule has 0 unspecified atom stereocenters. The minimum absolute atomic E-state index is 0.0141. The highest BCUT2D eigenvalue weighted by molar-refractivity contribution is 7.87. The lowest BCUT2D eigenvalue weighted by Gasteiger charge is -2.16. The number of aryl methyl sites for hydroxylation is 2. The Balaban J connectivity index is 1.99. The Morgan fingerprint density at radius 2 is 1.55 bits per heavy atom. The highest BCUT2D eigenvalue weighted by atomic mass is 35.5. The first-order valence-electron chi connectivity index (χ1n) is 8.98. The summed E-state index contributed by atoms with van der Waals surface area (Å²) in [4.78, 5) is 0.0143. The summed E-state index contributed by atoms with van der Waals surface area (Å²) in [5.41, 5.74) is 2.86. The van der Waals surface area contributed by atoms with Gasteiger partial charge in [-0.2, -0.15) is 8.42 Å². The van der Waals surface area contributed by atoms with Gasteiger partial charge in [0.15, 0.2) is 5.15 Å². The first kappa shape index (κ1) is 21.1. The smallest absolute Gasteiger partial charge is 0.339 e. The standard InChI is InChI=1S/C21H21ClN2O4S/c1-13(2)17-10-7-15(4)11-18(17)27-21-19(12-20(22)23-24-21)28-29(25,26)16-8-5-14(3)6-9-16/h5-13H,1-4H3. The summed E-state index contributed by atoms with van der Waals surface area (Å²) in [6, 6.07) is 13.4. The van der Waals surface area contributed by atoms with E-state index in [1.807, 2.05) is 45.9 Å². The minimum atomic E-state index is -4.10. The molecule has 8 heteroatoms. The van der Waals surface area contributed by atoms with E-state index < -0.39 is 10.1 Å². The average Bonchev–Trinajstić information content (AvgIpc) is 2.64. The largest absolute Gasteiger partial charge is 0.435 e. The maximum Gasteiger partial charge on any atom is 0.339 e. The molecule has 0 radical (unpaired) electrons. The fourth-order valence-electron chi connectivity index (χ4n) is 2.65. The quantitative estimate of drug-likeness (QED) is 0.483. The van der Waals surface area contributed by atoms with Crippen molar-refractivity contribution in [3.8, 4) is 17.4 Å². The minimum Gasteiger partial charge on any atom is -0.435 e. The Labute approximate surface area is 175 Å². The highest BCUT2D eigenvalue weighted by Crippen LogP contribution is 2.36. The molecule has 1 heterocycles. The summed E-state index contributed by atoms with van der Waals surface area (Å²) in [5, 5.41) is 7.65. The normalized spacial score (nSPS) is 11.5. The molecule has 0 saturated heterocycles. The van der Waals surface area contributed by atoms with Gasteiger partial charge in [-0.15, -0.1) is 10.2 Å². The van der Waals surface area contributed by atoms with Crippen LogP contribution in [0.5, 0.6) is 17.4 Å². The second kappa shape index (κ2) is 8.39. The van der Waals surface area contributed by atoms with E-state index in [9.17, 15) is 8.42 Å². The molecule has 0 spiro atoms. The molecule has 3 rings (SSSR count). The summed E-state index contributed by atoms with van der Waals surface area (Å²) in [6.07, 6.45) is 0.